The molecule has 7 heteroatoms. The largest absolute Gasteiger partial charge is 0.444 e. The smallest absolute Gasteiger partial charge is 0.408 e. The Bertz CT molecular complexity index is 465. The average molecular weight is 280 g/mol. The van der Waals surface area contributed by atoms with Crippen LogP contribution in [0.2, 0.25) is 0 Å². The van der Waals surface area contributed by atoms with Crippen molar-refractivity contribution in [2.45, 2.75) is 32.9 Å². The van der Waals surface area contributed by atoms with Crippen LogP contribution < -0.4 is 16.4 Å². The third kappa shape index (κ3) is 6.14. The number of carbonyl (C=O) groups excluding carboxylic acids is 2. The van der Waals surface area contributed by atoms with Gasteiger partial charge in [0.05, 0.1) is 17.6 Å². The van der Waals surface area contributed by atoms with E-state index >= 15 is 0 Å². The van der Waals surface area contributed by atoms with E-state index in [-0.39, 0.29) is 12.5 Å². The molecule has 1 rings (SSSR count). The van der Waals surface area contributed by atoms with Crippen molar-refractivity contribution < 1.29 is 14.3 Å². The highest BCUT2D eigenvalue weighted by Gasteiger charge is 2.16. The number of carbonyl (C=O) groups is 2. The first-order valence-corrected chi connectivity index (χ1v) is 6.22. The second-order valence-corrected chi connectivity index (χ2v) is 5.15. The average Bonchev–Trinajstić information content (AvgIpc) is 2.35. The van der Waals surface area contributed by atoms with Crippen LogP contribution in [0.15, 0.2) is 18.3 Å². The highest BCUT2D eigenvalue weighted by atomic mass is 16.6. The number of amides is 2. The molecule has 0 saturated carbocycles. The van der Waals surface area contributed by atoms with Crippen LogP contribution in [-0.4, -0.2) is 29.1 Å². The number of anilines is 1. The van der Waals surface area contributed by atoms with Gasteiger partial charge in [-0.2, -0.15) is 0 Å². The summed E-state index contributed by atoms with van der Waals surface area (Å²) in [6.07, 6.45) is 0.873. The summed E-state index contributed by atoms with van der Waals surface area (Å²) >= 11 is 0. The maximum absolute atomic E-state index is 11.6. The van der Waals surface area contributed by atoms with Crippen molar-refractivity contribution in [3.8, 4) is 0 Å². The van der Waals surface area contributed by atoms with Gasteiger partial charge in [-0.3, -0.25) is 9.78 Å². The molecule has 0 atom stereocenters. The lowest BCUT2D eigenvalue weighted by molar-refractivity contribution is -0.115. The van der Waals surface area contributed by atoms with Gasteiger partial charge in [0.1, 0.15) is 12.1 Å². The van der Waals surface area contributed by atoms with Gasteiger partial charge >= 0.3 is 6.09 Å². The van der Waals surface area contributed by atoms with Crippen molar-refractivity contribution >= 4 is 17.7 Å². The SMILES string of the molecule is CC(C)(C)OC(=O)NCC(=O)Nc1ccc(CN)nc1. The number of nitrogens with one attached hydrogen (secondary N) is 2. The first-order chi connectivity index (χ1) is 9.30. The number of hydrogen-bond donors (Lipinski definition) is 3. The highest BCUT2D eigenvalue weighted by molar-refractivity contribution is 5.93. The summed E-state index contributed by atoms with van der Waals surface area (Å²) in [5.74, 6) is -0.363. The van der Waals surface area contributed by atoms with Gasteiger partial charge in [-0.25, -0.2) is 4.79 Å². The number of hydrogen-bond acceptors (Lipinski definition) is 5. The Hall–Kier alpha value is -2.15. The molecule has 0 aromatic carbocycles. The van der Waals surface area contributed by atoms with Crippen molar-refractivity contribution in [3.05, 3.63) is 24.0 Å². The van der Waals surface area contributed by atoms with E-state index in [0.717, 1.165) is 5.69 Å². The first kappa shape index (κ1) is 15.9. The number of rotatable bonds is 4. The second kappa shape index (κ2) is 6.85. The molecule has 1 heterocycles. The Balaban J connectivity index is 2.38. The van der Waals surface area contributed by atoms with E-state index in [1.165, 1.54) is 6.20 Å². The van der Waals surface area contributed by atoms with Crippen molar-refractivity contribution in [1.29, 1.82) is 0 Å². The van der Waals surface area contributed by atoms with E-state index in [1.807, 2.05) is 0 Å². The summed E-state index contributed by atoms with van der Waals surface area (Å²) in [5, 5.41) is 4.97. The molecule has 0 aliphatic heterocycles. The molecule has 1 aromatic heterocycles. The summed E-state index contributed by atoms with van der Waals surface area (Å²) in [4.78, 5) is 27.0. The Morgan fingerprint density at radius 3 is 2.55 bits per heavy atom. The number of pyridine rings is 1. The molecular weight excluding hydrogens is 260 g/mol. The first-order valence-electron chi connectivity index (χ1n) is 6.22. The summed E-state index contributed by atoms with van der Waals surface area (Å²) in [6.45, 7) is 5.41. The number of aromatic nitrogens is 1. The Morgan fingerprint density at radius 1 is 1.35 bits per heavy atom. The molecule has 0 aliphatic carbocycles. The lowest BCUT2D eigenvalue weighted by Crippen LogP contribution is -2.37. The van der Waals surface area contributed by atoms with Gasteiger partial charge < -0.3 is 21.1 Å². The van der Waals surface area contributed by atoms with Gasteiger partial charge in [0.15, 0.2) is 0 Å². The van der Waals surface area contributed by atoms with E-state index < -0.39 is 11.7 Å². The third-order valence-electron chi connectivity index (χ3n) is 2.11. The van der Waals surface area contributed by atoms with Crippen LogP contribution in [0.25, 0.3) is 0 Å². The van der Waals surface area contributed by atoms with Gasteiger partial charge in [-0.15, -0.1) is 0 Å². The molecule has 0 spiro atoms. The van der Waals surface area contributed by atoms with E-state index in [9.17, 15) is 9.59 Å². The van der Waals surface area contributed by atoms with E-state index in [0.29, 0.717) is 12.2 Å². The van der Waals surface area contributed by atoms with Gasteiger partial charge in [-0.1, -0.05) is 0 Å². The molecular formula is C13H20N4O3. The second-order valence-electron chi connectivity index (χ2n) is 5.15. The Kier molecular flexibility index (Phi) is 5.45. The molecule has 0 radical (unpaired) electrons. The van der Waals surface area contributed by atoms with Crippen LogP contribution >= 0.6 is 0 Å². The van der Waals surface area contributed by atoms with Crippen LogP contribution in [0.3, 0.4) is 0 Å². The predicted molar refractivity (Wildman–Crippen MR) is 75.0 cm³/mol. The van der Waals surface area contributed by atoms with Crippen LogP contribution in [0.5, 0.6) is 0 Å². The maximum atomic E-state index is 11.6. The van der Waals surface area contributed by atoms with Gasteiger partial charge in [0.25, 0.3) is 0 Å². The Morgan fingerprint density at radius 2 is 2.05 bits per heavy atom. The minimum atomic E-state index is -0.635. The molecule has 0 aliphatic rings. The molecule has 0 bridgehead atoms. The van der Waals surface area contributed by atoms with Crippen molar-refractivity contribution in [2.24, 2.45) is 5.73 Å². The molecule has 0 unspecified atom stereocenters. The van der Waals surface area contributed by atoms with Crippen LogP contribution in [0.1, 0.15) is 26.5 Å². The minimum absolute atomic E-state index is 0.173. The molecule has 20 heavy (non-hydrogen) atoms. The van der Waals surface area contributed by atoms with E-state index in [2.05, 4.69) is 15.6 Å². The zero-order valence-electron chi connectivity index (χ0n) is 11.9. The van der Waals surface area contributed by atoms with Gasteiger partial charge in [0.2, 0.25) is 5.91 Å². The summed E-state index contributed by atoms with van der Waals surface area (Å²) in [5.41, 5.74) is 6.10. The van der Waals surface area contributed by atoms with E-state index in [4.69, 9.17) is 10.5 Å². The highest BCUT2D eigenvalue weighted by Crippen LogP contribution is 2.07. The molecule has 4 N–H and O–H groups in total. The molecule has 1 aromatic rings. The number of ether oxygens (including phenoxy) is 1. The normalized spacial score (nSPS) is 10.8. The zero-order valence-corrected chi connectivity index (χ0v) is 11.9. The molecule has 0 fully saturated rings. The monoisotopic (exact) mass is 280 g/mol. The predicted octanol–water partition coefficient (Wildman–Crippen LogP) is 1.00. The van der Waals surface area contributed by atoms with E-state index in [1.54, 1.807) is 32.9 Å². The summed E-state index contributed by atoms with van der Waals surface area (Å²) in [7, 11) is 0. The molecule has 110 valence electrons. The molecule has 2 amide bonds. The molecule has 7 nitrogen and oxygen atoms in total. The third-order valence-corrected chi connectivity index (χ3v) is 2.11. The van der Waals surface area contributed by atoms with Crippen molar-refractivity contribution in [2.75, 3.05) is 11.9 Å². The zero-order chi connectivity index (χ0) is 15.2. The van der Waals surface area contributed by atoms with Crippen LogP contribution in [0, 0.1) is 0 Å². The lowest BCUT2D eigenvalue weighted by atomic mass is 10.2. The van der Waals surface area contributed by atoms with Crippen molar-refractivity contribution in [3.63, 3.8) is 0 Å². The Labute approximate surface area is 117 Å². The fraction of sp³-hybridized carbons (Fsp3) is 0.462. The number of alkyl carbamates (subject to hydrolysis) is 1. The summed E-state index contributed by atoms with van der Waals surface area (Å²) < 4.78 is 5.01. The fourth-order valence-electron chi connectivity index (χ4n) is 1.29. The van der Waals surface area contributed by atoms with Crippen molar-refractivity contribution in [1.82, 2.24) is 10.3 Å². The number of nitrogens with two attached hydrogens (primary N) is 1. The van der Waals surface area contributed by atoms with Gasteiger partial charge in [-0.05, 0) is 32.9 Å². The standard InChI is InChI=1S/C13H20N4O3/c1-13(2,3)20-12(19)16-8-11(18)17-10-5-4-9(6-14)15-7-10/h4-5,7H,6,8,14H2,1-3H3,(H,16,19)(H,17,18). The topological polar surface area (TPSA) is 106 Å². The summed E-state index contributed by atoms with van der Waals surface area (Å²) in [6, 6.07) is 3.41. The van der Waals surface area contributed by atoms with Crippen LogP contribution in [0.4, 0.5) is 10.5 Å². The maximum Gasteiger partial charge on any atom is 0.408 e. The lowest BCUT2D eigenvalue weighted by Gasteiger charge is -2.19. The number of nitrogens with zero attached hydrogens (tertiary/aromatic N) is 1. The fourth-order valence-corrected chi connectivity index (χ4v) is 1.29. The van der Waals surface area contributed by atoms with Gasteiger partial charge in [0, 0.05) is 6.54 Å². The van der Waals surface area contributed by atoms with Crippen LogP contribution in [-0.2, 0) is 16.1 Å². The minimum Gasteiger partial charge on any atom is -0.444 e. The molecule has 0 saturated heterocycles. The quantitative estimate of drug-likeness (QED) is 0.763.